The summed E-state index contributed by atoms with van der Waals surface area (Å²) in [5.41, 5.74) is 0.591. The SMILES string of the molecule is CCN(CCC(=O)O)CCC(=O)Nc1ccccc1Cl. The van der Waals surface area contributed by atoms with Crippen LogP contribution in [0.5, 0.6) is 0 Å². The number of aliphatic carboxylic acids is 1. The smallest absolute Gasteiger partial charge is 0.304 e. The van der Waals surface area contributed by atoms with Gasteiger partial charge in [0.1, 0.15) is 0 Å². The van der Waals surface area contributed by atoms with Crippen LogP contribution in [0.4, 0.5) is 5.69 Å². The summed E-state index contributed by atoms with van der Waals surface area (Å²) in [6, 6.07) is 7.04. The lowest BCUT2D eigenvalue weighted by molar-refractivity contribution is -0.137. The second-order valence-corrected chi connectivity index (χ2v) is 4.76. The summed E-state index contributed by atoms with van der Waals surface area (Å²) in [6.45, 7) is 3.63. The van der Waals surface area contributed by atoms with Gasteiger partial charge in [-0.3, -0.25) is 9.59 Å². The molecule has 6 heteroatoms. The molecule has 0 radical (unpaired) electrons. The number of nitrogens with one attached hydrogen (secondary N) is 1. The maximum Gasteiger partial charge on any atom is 0.304 e. The van der Waals surface area contributed by atoms with E-state index in [1.807, 2.05) is 11.8 Å². The molecular weight excluding hydrogens is 280 g/mol. The molecular formula is C14H19ClN2O3. The van der Waals surface area contributed by atoms with E-state index < -0.39 is 5.97 Å². The molecule has 1 rings (SSSR count). The van der Waals surface area contributed by atoms with Crippen LogP contribution in [-0.2, 0) is 9.59 Å². The van der Waals surface area contributed by atoms with Gasteiger partial charge in [0.05, 0.1) is 17.1 Å². The van der Waals surface area contributed by atoms with Crippen LogP contribution in [0.15, 0.2) is 24.3 Å². The van der Waals surface area contributed by atoms with Gasteiger partial charge < -0.3 is 15.3 Å². The highest BCUT2D eigenvalue weighted by Crippen LogP contribution is 2.20. The minimum Gasteiger partial charge on any atom is -0.481 e. The molecule has 0 aliphatic carbocycles. The lowest BCUT2D eigenvalue weighted by atomic mass is 10.3. The van der Waals surface area contributed by atoms with E-state index in [0.717, 1.165) is 0 Å². The van der Waals surface area contributed by atoms with E-state index in [1.54, 1.807) is 24.3 Å². The predicted octanol–water partition coefficient (Wildman–Crippen LogP) is 2.47. The molecule has 0 bridgehead atoms. The van der Waals surface area contributed by atoms with E-state index in [1.165, 1.54) is 0 Å². The minimum atomic E-state index is -0.830. The van der Waals surface area contributed by atoms with Gasteiger partial charge >= 0.3 is 5.97 Å². The van der Waals surface area contributed by atoms with Crippen LogP contribution in [0.25, 0.3) is 0 Å². The molecule has 0 atom stereocenters. The number of carboxylic acids is 1. The summed E-state index contributed by atoms with van der Waals surface area (Å²) in [4.78, 5) is 24.3. The molecule has 0 saturated heterocycles. The van der Waals surface area contributed by atoms with Crippen molar-refractivity contribution in [3.63, 3.8) is 0 Å². The van der Waals surface area contributed by atoms with Crippen molar-refractivity contribution in [2.45, 2.75) is 19.8 Å². The normalized spacial score (nSPS) is 10.6. The third-order valence-electron chi connectivity index (χ3n) is 2.89. The van der Waals surface area contributed by atoms with Crippen LogP contribution in [0, 0.1) is 0 Å². The first-order valence-corrected chi connectivity index (χ1v) is 6.89. The lowest BCUT2D eigenvalue weighted by Crippen LogP contribution is -2.29. The fourth-order valence-corrected chi connectivity index (χ4v) is 1.90. The largest absolute Gasteiger partial charge is 0.481 e. The third kappa shape index (κ3) is 6.04. The standard InChI is InChI=1S/C14H19ClN2O3/c1-2-17(10-8-14(19)20)9-7-13(18)16-12-6-4-3-5-11(12)15/h3-6H,2,7-10H2,1H3,(H,16,18)(H,19,20). The van der Waals surface area contributed by atoms with Gasteiger partial charge in [-0.25, -0.2) is 0 Å². The molecule has 1 amide bonds. The van der Waals surface area contributed by atoms with Crippen LogP contribution >= 0.6 is 11.6 Å². The zero-order valence-corrected chi connectivity index (χ0v) is 12.2. The molecule has 5 nitrogen and oxygen atoms in total. The first-order valence-electron chi connectivity index (χ1n) is 6.51. The van der Waals surface area contributed by atoms with Gasteiger partial charge in [0.25, 0.3) is 0 Å². The van der Waals surface area contributed by atoms with Gasteiger partial charge in [-0.05, 0) is 18.7 Å². The predicted molar refractivity (Wildman–Crippen MR) is 79.1 cm³/mol. The quantitative estimate of drug-likeness (QED) is 0.773. The monoisotopic (exact) mass is 298 g/mol. The van der Waals surface area contributed by atoms with Crippen molar-refractivity contribution in [2.24, 2.45) is 0 Å². The highest BCUT2D eigenvalue weighted by molar-refractivity contribution is 6.33. The highest BCUT2D eigenvalue weighted by Gasteiger charge is 2.09. The van der Waals surface area contributed by atoms with E-state index in [0.29, 0.717) is 36.8 Å². The first-order chi connectivity index (χ1) is 9.52. The summed E-state index contributed by atoms with van der Waals surface area (Å²) >= 11 is 5.95. The fourth-order valence-electron chi connectivity index (χ4n) is 1.72. The second kappa shape index (κ2) is 8.55. The van der Waals surface area contributed by atoms with Crippen molar-refractivity contribution in [1.82, 2.24) is 4.90 Å². The number of halogens is 1. The molecule has 0 heterocycles. The van der Waals surface area contributed by atoms with Crippen LogP contribution in [-0.4, -0.2) is 41.5 Å². The summed E-state index contributed by atoms with van der Waals surface area (Å²) in [7, 11) is 0. The number of amides is 1. The number of carbonyl (C=O) groups is 2. The summed E-state index contributed by atoms with van der Waals surface area (Å²) in [6.07, 6.45) is 0.388. The number of hydrogen-bond donors (Lipinski definition) is 2. The van der Waals surface area contributed by atoms with Crippen molar-refractivity contribution in [2.75, 3.05) is 25.0 Å². The zero-order chi connectivity index (χ0) is 15.0. The molecule has 110 valence electrons. The van der Waals surface area contributed by atoms with Gasteiger partial charge in [0, 0.05) is 19.5 Å². The minimum absolute atomic E-state index is 0.0833. The van der Waals surface area contributed by atoms with Gasteiger partial charge in [-0.2, -0.15) is 0 Å². The van der Waals surface area contributed by atoms with E-state index in [4.69, 9.17) is 16.7 Å². The topological polar surface area (TPSA) is 69.6 Å². The van der Waals surface area contributed by atoms with Crippen molar-refractivity contribution in [3.05, 3.63) is 29.3 Å². The Morgan fingerprint density at radius 3 is 2.50 bits per heavy atom. The van der Waals surface area contributed by atoms with E-state index in [9.17, 15) is 9.59 Å². The Labute approximate surface area is 123 Å². The van der Waals surface area contributed by atoms with E-state index in [2.05, 4.69) is 5.32 Å². The average Bonchev–Trinajstić information content (AvgIpc) is 2.41. The van der Waals surface area contributed by atoms with E-state index >= 15 is 0 Å². The number of rotatable bonds is 8. The molecule has 2 N–H and O–H groups in total. The lowest BCUT2D eigenvalue weighted by Gasteiger charge is -2.19. The van der Waals surface area contributed by atoms with Crippen LogP contribution < -0.4 is 5.32 Å². The second-order valence-electron chi connectivity index (χ2n) is 4.36. The number of anilines is 1. The Balaban J connectivity index is 2.38. The maximum atomic E-state index is 11.8. The number of para-hydroxylation sites is 1. The zero-order valence-electron chi connectivity index (χ0n) is 11.4. The molecule has 20 heavy (non-hydrogen) atoms. The molecule has 0 aliphatic heterocycles. The Morgan fingerprint density at radius 2 is 1.90 bits per heavy atom. The number of nitrogens with zero attached hydrogens (tertiary/aromatic N) is 1. The Kier molecular flexibility index (Phi) is 7.04. The van der Waals surface area contributed by atoms with Gasteiger partial charge in [0.2, 0.25) is 5.91 Å². The van der Waals surface area contributed by atoms with Crippen molar-refractivity contribution < 1.29 is 14.7 Å². The number of carboxylic acid groups (broad SMARTS) is 1. The van der Waals surface area contributed by atoms with Gasteiger partial charge in [-0.15, -0.1) is 0 Å². The van der Waals surface area contributed by atoms with Crippen LogP contribution in [0.3, 0.4) is 0 Å². The molecule has 0 unspecified atom stereocenters. The van der Waals surface area contributed by atoms with Crippen molar-refractivity contribution in [1.29, 1.82) is 0 Å². The maximum absolute atomic E-state index is 11.8. The Hall–Kier alpha value is -1.59. The molecule has 0 saturated carbocycles. The number of hydrogen-bond acceptors (Lipinski definition) is 3. The van der Waals surface area contributed by atoms with Crippen molar-refractivity contribution >= 4 is 29.2 Å². The third-order valence-corrected chi connectivity index (χ3v) is 3.22. The first kappa shape index (κ1) is 16.5. The molecule has 0 spiro atoms. The number of carbonyl (C=O) groups excluding carboxylic acids is 1. The summed E-state index contributed by atoms with van der Waals surface area (Å²) < 4.78 is 0. The Morgan fingerprint density at radius 1 is 1.25 bits per heavy atom. The average molecular weight is 299 g/mol. The molecule has 0 aromatic heterocycles. The summed E-state index contributed by atoms with van der Waals surface area (Å²) in [5.74, 6) is -0.962. The molecule has 0 fully saturated rings. The van der Waals surface area contributed by atoms with Crippen LogP contribution in [0.1, 0.15) is 19.8 Å². The van der Waals surface area contributed by atoms with Crippen molar-refractivity contribution in [3.8, 4) is 0 Å². The highest BCUT2D eigenvalue weighted by atomic mass is 35.5. The van der Waals surface area contributed by atoms with E-state index in [-0.39, 0.29) is 12.3 Å². The Bertz CT molecular complexity index is 465. The molecule has 1 aromatic rings. The summed E-state index contributed by atoms with van der Waals surface area (Å²) in [5, 5.41) is 11.9. The van der Waals surface area contributed by atoms with Gasteiger partial charge in [-0.1, -0.05) is 30.7 Å². The molecule has 1 aromatic carbocycles. The van der Waals surface area contributed by atoms with Gasteiger partial charge in [0.15, 0.2) is 0 Å². The molecule has 0 aliphatic rings. The fraction of sp³-hybridized carbons (Fsp3) is 0.429. The number of benzene rings is 1. The van der Waals surface area contributed by atoms with Crippen LogP contribution in [0.2, 0.25) is 5.02 Å².